The van der Waals surface area contributed by atoms with Gasteiger partial charge in [-0.15, -0.1) is 0 Å². The van der Waals surface area contributed by atoms with Crippen molar-refractivity contribution in [2.45, 2.75) is 32.8 Å². The van der Waals surface area contributed by atoms with E-state index in [0.717, 1.165) is 12.8 Å². The lowest BCUT2D eigenvalue weighted by Gasteiger charge is -2.30. The lowest BCUT2D eigenvalue weighted by atomic mass is 10.1. The highest BCUT2D eigenvalue weighted by Crippen LogP contribution is 2.13. The molecule has 1 amide bonds. The molecule has 0 aromatic heterocycles. The van der Waals surface area contributed by atoms with Gasteiger partial charge < -0.3 is 15.0 Å². The van der Waals surface area contributed by atoms with Crippen LogP contribution >= 0.6 is 0 Å². The molecule has 1 N–H and O–H groups in total. The highest BCUT2D eigenvalue weighted by atomic mass is 16.5. The van der Waals surface area contributed by atoms with E-state index in [1.54, 1.807) is 11.8 Å². The van der Waals surface area contributed by atoms with Gasteiger partial charge in [-0.25, -0.2) is 0 Å². The fraction of sp³-hybridized carbons (Fsp3) is 0.818. The first-order valence-electron chi connectivity index (χ1n) is 5.52. The Hall–Kier alpha value is -1.10. The second-order valence-corrected chi connectivity index (χ2v) is 3.81. The fourth-order valence-corrected chi connectivity index (χ4v) is 1.52. The van der Waals surface area contributed by atoms with Crippen LogP contribution in [0.3, 0.4) is 0 Å². The quantitative estimate of drug-likeness (QED) is 0.662. The summed E-state index contributed by atoms with van der Waals surface area (Å²) in [7, 11) is 3.75. The summed E-state index contributed by atoms with van der Waals surface area (Å²) in [6.07, 6.45) is 1.53. The van der Waals surface area contributed by atoms with Crippen LogP contribution in [0.2, 0.25) is 0 Å². The number of carbonyl (C=O) groups excluding carboxylic acids is 2. The Morgan fingerprint density at radius 1 is 1.19 bits per heavy atom. The number of piperidine rings is 1. The SMILES string of the molecule is CC(=O)OC1CCN(C(C)=O)CC1.CNC. The van der Waals surface area contributed by atoms with Crippen molar-refractivity contribution in [2.75, 3.05) is 27.2 Å². The number of nitrogens with zero attached hydrogens (tertiary/aromatic N) is 1. The molecule has 1 fully saturated rings. The number of amides is 1. The van der Waals surface area contributed by atoms with E-state index in [-0.39, 0.29) is 18.0 Å². The zero-order valence-corrected chi connectivity index (χ0v) is 10.6. The van der Waals surface area contributed by atoms with Crippen molar-refractivity contribution in [3.05, 3.63) is 0 Å². The molecule has 0 unspecified atom stereocenters. The van der Waals surface area contributed by atoms with Crippen LogP contribution in [0.4, 0.5) is 0 Å². The summed E-state index contributed by atoms with van der Waals surface area (Å²) in [6, 6.07) is 0. The van der Waals surface area contributed by atoms with Gasteiger partial charge >= 0.3 is 5.97 Å². The van der Waals surface area contributed by atoms with Crippen molar-refractivity contribution in [3.8, 4) is 0 Å². The van der Waals surface area contributed by atoms with Gasteiger partial charge in [-0.2, -0.15) is 0 Å². The van der Waals surface area contributed by atoms with Gasteiger partial charge in [0.15, 0.2) is 0 Å². The number of nitrogens with one attached hydrogen (secondary N) is 1. The molecule has 0 saturated carbocycles. The van der Waals surface area contributed by atoms with Crippen LogP contribution in [0, 0.1) is 0 Å². The molecule has 1 aliphatic rings. The van der Waals surface area contributed by atoms with E-state index in [2.05, 4.69) is 5.32 Å². The van der Waals surface area contributed by atoms with Gasteiger partial charge in [0.1, 0.15) is 6.10 Å². The number of likely N-dealkylation sites (tertiary alicyclic amines) is 1. The number of hydrogen-bond acceptors (Lipinski definition) is 4. The normalized spacial score (nSPS) is 16.1. The standard InChI is InChI=1S/C9H15NO3.C2H7N/c1-7(11)10-5-3-9(4-6-10)13-8(2)12;1-3-2/h9H,3-6H2,1-2H3;3H,1-2H3. The van der Waals surface area contributed by atoms with E-state index < -0.39 is 0 Å². The van der Waals surface area contributed by atoms with Gasteiger partial charge in [-0.3, -0.25) is 9.59 Å². The highest BCUT2D eigenvalue weighted by molar-refractivity contribution is 5.73. The predicted molar refractivity (Wildman–Crippen MR) is 62.0 cm³/mol. The Labute approximate surface area is 97.1 Å². The molecule has 1 rings (SSSR count). The molecule has 0 bridgehead atoms. The molecule has 0 aliphatic carbocycles. The van der Waals surface area contributed by atoms with E-state index in [9.17, 15) is 9.59 Å². The minimum Gasteiger partial charge on any atom is -0.462 e. The summed E-state index contributed by atoms with van der Waals surface area (Å²) < 4.78 is 5.04. The maximum Gasteiger partial charge on any atom is 0.302 e. The smallest absolute Gasteiger partial charge is 0.302 e. The van der Waals surface area contributed by atoms with Crippen molar-refractivity contribution in [1.29, 1.82) is 0 Å². The Balaban J connectivity index is 0.000000673. The second-order valence-electron chi connectivity index (χ2n) is 3.81. The lowest BCUT2D eigenvalue weighted by molar-refractivity contribution is -0.149. The minimum absolute atomic E-state index is 0.00750. The molecule has 94 valence electrons. The van der Waals surface area contributed by atoms with Crippen molar-refractivity contribution in [3.63, 3.8) is 0 Å². The Kier molecular flexibility index (Phi) is 7.54. The molecule has 5 heteroatoms. The van der Waals surface area contributed by atoms with Crippen molar-refractivity contribution < 1.29 is 14.3 Å². The van der Waals surface area contributed by atoms with E-state index in [0.29, 0.717) is 13.1 Å². The number of carbonyl (C=O) groups is 2. The van der Waals surface area contributed by atoms with Crippen LogP contribution in [0.5, 0.6) is 0 Å². The van der Waals surface area contributed by atoms with Crippen molar-refractivity contribution in [1.82, 2.24) is 10.2 Å². The summed E-state index contributed by atoms with van der Waals surface area (Å²) in [5.41, 5.74) is 0. The molecular weight excluding hydrogens is 208 g/mol. The summed E-state index contributed by atoms with van der Waals surface area (Å²) in [6.45, 7) is 4.38. The van der Waals surface area contributed by atoms with Crippen molar-refractivity contribution >= 4 is 11.9 Å². The highest BCUT2D eigenvalue weighted by Gasteiger charge is 2.22. The number of ether oxygens (including phenoxy) is 1. The first-order chi connectivity index (χ1) is 7.51. The lowest BCUT2D eigenvalue weighted by Crippen LogP contribution is -2.40. The average molecular weight is 230 g/mol. The van der Waals surface area contributed by atoms with E-state index in [1.807, 2.05) is 14.1 Å². The molecule has 0 aromatic rings. The van der Waals surface area contributed by atoms with Gasteiger partial charge in [-0.05, 0) is 14.1 Å². The zero-order valence-electron chi connectivity index (χ0n) is 10.6. The van der Waals surface area contributed by atoms with Crippen LogP contribution in [-0.2, 0) is 14.3 Å². The molecule has 1 aliphatic heterocycles. The molecule has 0 radical (unpaired) electrons. The van der Waals surface area contributed by atoms with E-state index in [4.69, 9.17) is 4.74 Å². The second kappa shape index (κ2) is 8.10. The van der Waals surface area contributed by atoms with Crippen molar-refractivity contribution in [2.24, 2.45) is 0 Å². The molecular formula is C11H22N2O3. The maximum atomic E-state index is 10.9. The monoisotopic (exact) mass is 230 g/mol. The largest absolute Gasteiger partial charge is 0.462 e. The molecule has 16 heavy (non-hydrogen) atoms. The van der Waals surface area contributed by atoms with Gasteiger partial charge in [0.25, 0.3) is 0 Å². The number of esters is 1. The van der Waals surface area contributed by atoms with Gasteiger partial charge in [-0.1, -0.05) is 0 Å². The third-order valence-electron chi connectivity index (χ3n) is 2.22. The first-order valence-corrected chi connectivity index (χ1v) is 5.52. The summed E-state index contributed by atoms with van der Waals surface area (Å²) in [5.74, 6) is -0.137. The van der Waals surface area contributed by atoms with Gasteiger partial charge in [0.2, 0.25) is 5.91 Å². The summed E-state index contributed by atoms with van der Waals surface area (Å²) in [5, 5.41) is 2.75. The van der Waals surface area contributed by atoms with Crippen LogP contribution in [0.15, 0.2) is 0 Å². The molecule has 5 nitrogen and oxygen atoms in total. The first kappa shape index (κ1) is 14.9. The summed E-state index contributed by atoms with van der Waals surface area (Å²) >= 11 is 0. The Morgan fingerprint density at radius 3 is 1.94 bits per heavy atom. The van der Waals surface area contributed by atoms with Crippen LogP contribution in [-0.4, -0.2) is 50.1 Å². The van der Waals surface area contributed by atoms with Crippen LogP contribution < -0.4 is 5.32 Å². The Bertz CT molecular complexity index is 223. The van der Waals surface area contributed by atoms with E-state index >= 15 is 0 Å². The van der Waals surface area contributed by atoms with Crippen LogP contribution in [0.1, 0.15) is 26.7 Å². The molecule has 0 spiro atoms. The predicted octanol–water partition coefficient (Wildman–Crippen LogP) is 0.396. The molecule has 0 aromatic carbocycles. The van der Waals surface area contributed by atoms with Crippen LogP contribution in [0.25, 0.3) is 0 Å². The number of hydrogen-bond donors (Lipinski definition) is 1. The number of rotatable bonds is 1. The van der Waals surface area contributed by atoms with E-state index in [1.165, 1.54) is 6.92 Å². The zero-order chi connectivity index (χ0) is 12.6. The molecule has 1 heterocycles. The summed E-state index contributed by atoms with van der Waals surface area (Å²) in [4.78, 5) is 23.3. The minimum atomic E-state index is -0.235. The maximum absolute atomic E-state index is 10.9. The molecule has 0 atom stereocenters. The topological polar surface area (TPSA) is 58.6 Å². The third-order valence-corrected chi connectivity index (χ3v) is 2.22. The Morgan fingerprint density at radius 2 is 1.62 bits per heavy atom. The third kappa shape index (κ3) is 6.40. The van der Waals surface area contributed by atoms with Gasteiger partial charge in [0, 0.05) is 39.8 Å². The van der Waals surface area contributed by atoms with Gasteiger partial charge in [0.05, 0.1) is 0 Å². The average Bonchev–Trinajstić information content (AvgIpc) is 2.18. The fourth-order valence-electron chi connectivity index (χ4n) is 1.52. The molecule has 1 saturated heterocycles.